The van der Waals surface area contributed by atoms with E-state index < -0.39 is 14.2 Å². The van der Waals surface area contributed by atoms with E-state index in [0.29, 0.717) is 0 Å². The quantitative estimate of drug-likeness (QED) is 0.813. The predicted octanol–water partition coefficient (Wildman–Crippen LogP) is 1.86. The Hall–Kier alpha value is -0.750. The zero-order valence-corrected chi connectivity index (χ0v) is 15.6. The van der Waals surface area contributed by atoms with Crippen LogP contribution in [0.5, 0.6) is 0 Å². The van der Waals surface area contributed by atoms with E-state index in [9.17, 15) is 0 Å². The van der Waals surface area contributed by atoms with Crippen molar-refractivity contribution in [3.63, 3.8) is 0 Å². The van der Waals surface area contributed by atoms with Gasteiger partial charge in [0, 0.05) is 23.4 Å². The van der Waals surface area contributed by atoms with Crippen LogP contribution in [0.15, 0.2) is 12.1 Å². The molecule has 5 nitrogen and oxygen atoms in total. The molecule has 1 saturated heterocycles. The first kappa shape index (κ1) is 18.6. The molecule has 0 bridgehead atoms. The van der Waals surface area contributed by atoms with Crippen LogP contribution in [0.3, 0.4) is 0 Å². The van der Waals surface area contributed by atoms with Crippen LogP contribution in [0, 0.1) is 0 Å². The average molecular weight is 321 g/mol. The van der Waals surface area contributed by atoms with Crippen LogP contribution in [0.25, 0.3) is 0 Å². The highest BCUT2D eigenvalue weighted by Gasteiger charge is 2.52. The van der Waals surface area contributed by atoms with Crippen LogP contribution in [-0.2, 0) is 18.6 Å². The molecule has 0 atom stereocenters. The Morgan fingerprint density at radius 2 is 1.43 bits per heavy atom. The van der Waals surface area contributed by atoms with Gasteiger partial charge in [0.1, 0.15) is 0 Å². The van der Waals surface area contributed by atoms with Crippen LogP contribution >= 0.6 is 0 Å². The molecule has 0 radical (unpaired) electrons. The van der Waals surface area contributed by atoms with Crippen LogP contribution < -0.4 is 11.2 Å². The SMILES string of the molecule is CC(C)OB(OC(C)C)c1ccc(B2OC(C)(C)C(C)(C)O2)[nH]1. The number of aromatic amines is 1. The molecule has 0 aliphatic carbocycles. The molecule has 1 aromatic rings. The Bertz CT molecular complexity index is 485. The summed E-state index contributed by atoms with van der Waals surface area (Å²) in [5.74, 6) is 0. The topological polar surface area (TPSA) is 52.7 Å². The number of H-pyrrole nitrogens is 1. The first-order valence-corrected chi connectivity index (χ1v) is 8.37. The Labute approximate surface area is 140 Å². The molecule has 7 heteroatoms. The summed E-state index contributed by atoms with van der Waals surface area (Å²) >= 11 is 0. The molecule has 1 fully saturated rings. The first-order valence-electron chi connectivity index (χ1n) is 8.37. The summed E-state index contributed by atoms with van der Waals surface area (Å²) in [5, 5.41) is 0. The van der Waals surface area contributed by atoms with Gasteiger partial charge in [0.15, 0.2) is 0 Å². The van der Waals surface area contributed by atoms with Gasteiger partial charge in [-0.2, -0.15) is 0 Å². The second-order valence-electron chi connectivity index (χ2n) is 7.66. The zero-order valence-electron chi connectivity index (χ0n) is 15.6. The minimum absolute atomic E-state index is 0.0716. The molecule has 0 aromatic carbocycles. The summed E-state index contributed by atoms with van der Waals surface area (Å²) in [6, 6.07) is 3.94. The standard InChI is InChI=1S/C16H29B2NO4/c1-11(2)20-17(21-12(3)4)13-9-10-14(19-13)18-22-15(5,6)16(7,8)23-18/h9-12,19H,1-8H3. The molecule has 0 unspecified atom stereocenters. The van der Waals surface area contributed by atoms with Crippen molar-refractivity contribution in [1.82, 2.24) is 4.98 Å². The van der Waals surface area contributed by atoms with Gasteiger partial charge in [0.05, 0.1) is 11.2 Å². The molecular formula is C16H29B2NO4. The normalized spacial score (nSPS) is 19.8. The summed E-state index contributed by atoms with van der Waals surface area (Å²) in [6.07, 6.45) is 0.143. The number of hydrogen-bond donors (Lipinski definition) is 1. The van der Waals surface area contributed by atoms with E-state index in [1.807, 2.05) is 67.5 Å². The lowest BCUT2D eigenvalue weighted by Crippen LogP contribution is -2.44. The smallest absolute Gasteiger partial charge is 0.404 e. The van der Waals surface area contributed by atoms with Gasteiger partial charge in [-0.3, -0.25) is 0 Å². The predicted molar refractivity (Wildman–Crippen MR) is 94.3 cm³/mol. The first-order chi connectivity index (χ1) is 10.5. The van der Waals surface area contributed by atoms with Crippen molar-refractivity contribution >= 4 is 25.4 Å². The van der Waals surface area contributed by atoms with Crippen LogP contribution in [0.2, 0.25) is 0 Å². The third-order valence-electron chi connectivity index (χ3n) is 4.28. The third-order valence-corrected chi connectivity index (χ3v) is 4.28. The van der Waals surface area contributed by atoms with Gasteiger partial charge in [-0.05, 0) is 67.5 Å². The van der Waals surface area contributed by atoms with E-state index in [2.05, 4.69) is 4.98 Å². The third kappa shape index (κ3) is 4.21. The molecule has 0 saturated carbocycles. The Morgan fingerprint density at radius 3 is 1.87 bits per heavy atom. The summed E-state index contributed by atoms with van der Waals surface area (Å²) in [7, 11) is -0.835. The maximum absolute atomic E-state index is 6.07. The van der Waals surface area contributed by atoms with Crippen LogP contribution in [0.1, 0.15) is 55.4 Å². The fourth-order valence-corrected chi connectivity index (χ4v) is 2.35. The van der Waals surface area contributed by atoms with Gasteiger partial charge in [0.2, 0.25) is 0 Å². The van der Waals surface area contributed by atoms with Crippen molar-refractivity contribution in [1.29, 1.82) is 0 Å². The summed E-state index contributed by atoms with van der Waals surface area (Å²) < 4.78 is 23.9. The number of rotatable bonds is 6. The number of nitrogens with one attached hydrogen (secondary N) is 1. The van der Waals surface area contributed by atoms with Crippen molar-refractivity contribution in [3.05, 3.63) is 12.1 Å². The highest BCUT2D eigenvalue weighted by Crippen LogP contribution is 2.36. The van der Waals surface area contributed by atoms with Gasteiger partial charge < -0.3 is 23.6 Å². The lowest BCUT2D eigenvalue weighted by molar-refractivity contribution is 0.00578. The second-order valence-corrected chi connectivity index (χ2v) is 7.66. The molecule has 2 heterocycles. The molecule has 0 amide bonds. The molecular weight excluding hydrogens is 292 g/mol. The van der Waals surface area contributed by atoms with E-state index in [1.54, 1.807) is 0 Å². The maximum Gasteiger partial charge on any atom is 0.512 e. The molecule has 1 aliphatic rings. The largest absolute Gasteiger partial charge is 0.512 e. The number of hydrogen-bond acceptors (Lipinski definition) is 4. The molecule has 1 aromatic heterocycles. The minimum Gasteiger partial charge on any atom is -0.404 e. The fraction of sp³-hybridized carbons (Fsp3) is 0.750. The molecule has 0 spiro atoms. The van der Waals surface area contributed by atoms with Crippen molar-refractivity contribution in [3.8, 4) is 0 Å². The van der Waals surface area contributed by atoms with Crippen molar-refractivity contribution in [2.75, 3.05) is 0 Å². The van der Waals surface area contributed by atoms with Gasteiger partial charge in [0.25, 0.3) is 0 Å². The Kier molecular flexibility index (Phi) is 5.36. The fourth-order valence-electron chi connectivity index (χ4n) is 2.35. The Morgan fingerprint density at radius 1 is 0.957 bits per heavy atom. The van der Waals surface area contributed by atoms with Gasteiger partial charge in [-0.15, -0.1) is 0 Å². The maximum atomic E-state index is 6.07. The minimum atomic E-state index is -0.425. The highest BCUT2D eigenvalue weighted by atomic mass is 16.7. The van der Waals surface area contributed by atoms with Gasteiger partial charge >= 0.3 is 14.2 Å². The second kappa shape index (κ2) is 6.63. The molecule has 128 valence electrons. The zero-order chi connectivity index (χ0) is 17.4. The van der Waals surface area contributed by atoms with Crippen molar-refractivity contribution < 1.29 is 18.6 Å². The average Bonchev–Trinajstić information content (AvgIpc) is 2.91. The molecule has 1 N–H and O–H groups in total. The Balaban J connectivity index is 2.16. The van der Waals surface area contributed by atoms with Crippen molar-refractivity contribution in [2.45, 2.75) is 78.8 Å². The summed E-state index contributed by atoms with van der Waals surface area (Å²) in [4.78, 5) is 3.34. The van der Waals surface area contributed by atoms with E-state index in [-0.39, 0.29) is 23.4 Å². The van der Waals surface area contributed by atoms with Crippen molar-refractivity contribution in [2.24, 2.45) is 0 Å². The monoisotopic (exact) mass is 321 g/mol. The van der Waals surface area contributed by atoms with Crippen LogP contribution in [-0.4, -0.2) is 42.6 Å². The van der Waals surface area contributed by atoms with Gasteiger partial charge in [-0.25, -0.2) is 0 Å². The summed E-state index contributed by atoms with van der Waals surface area (Å²) in [6.45, 7) is 16.2. The molecule has 2 rings (SSSR count). The molecule has 23 heavy (non-hydrogen) atoms. The lowest BCUT2D eigenvalue weighted by atomic mass is 9.83. The highest BCUT2D eigenvalue weighted by molar-refractivity contribution is 6.64. The summed E-state index contributed by atoms with van der Waals surface area (Å²) in [5.41, 5.74) is 1.04. The number of aromatic nitrogens is 1. The van der Waals surface area contributed by atoms with E-state index in [4.69, 9.17) is 18.6 Å². The van der Waals surface area contributed by atoms with E-state index in [0.717, 1.165) is 11.2 Å². The van der Waals surface area contributed by atoms with Crippen LogP contribution in [0.4, 0.5) is 0 Å². The molecule has 1 aliphatic heterocycles. The van der Waals surface area contributed by atoms with Gasteiger partial charge in [-0.1, -0.05) is 0 Å². The lowest BCUT2D eigenvalue weighted by Gasteiger charge is -2.32. The van der Waals surface area contributed by atoms with E-state index in [1.165, 1.54) is 0 Å². The van der Waals surface area contributed by atoms with E-state index >= 15 is 0 Å².